The average molecular weight is 153 g/mol. The summed E-state index contributed by atoms with van der Waals surface area (Å²) in [4.78, 5) is 9.48. The maximum absolute atomic E-state index is 10.4. The van der Waals surface area contributed by atoms with Gasteiger partial charge in [-0.05, 0) is 13.0 Å². The highest BCUT2D eigenvalue weighted by atomic mass is 35.5. The Balaban J connectivity index is 3.66. The second-order valence-electron chi connectivity index (χ2n) is 1.20. The van der Waals surface area contributed by atoms with Gasteiger partial charge in [0.25, 0.3) is 0 Å². The van der Waals surface area contributed by atoms with Crippen molar-refractivity contribution in [3.05, 3.63) is 12.2 Å². The van der Waals surface area contributed by atoms with Gasteiger partial charge in [-0.25, -0.2) is 0 Å². The largest absolute Gasteiger partial charge is 0.292 e. The normalized spacial score (nSPS) is 11.0. The lowest BCUT2D eigenvalue weighted by Gasteiger charge is -1.88. The number of carbonyl (C=O) groups excluding carboxylic acids is 1. The van der Waals surface area contributed by atoms with Crippen molar-refractivity contribution in [1.29, 1.82) is 0 Å². The van der Waals surface area contributed by atoms with Crippen LogP contribution in [0.2, 0.25) is 0 Å². The Morgan fingerprint density at radius 3 is 2.25 bits per heavy atom. The van der Waals surface area contributed by atoms with Gasteiger partial charge in [0.2, 0.25) is 0 Å². The van der Waals surface area contributed by atoms with Crippen molar-refractivity contribution in [3.8, 4) is 0 Å². The van der Waals surface area contributed by atoms with Crippen molar-refractivity contribution in [1.82, 2.24) is 0 Å². The first-order chi connectivity index (χ1) is 3.68. The summed E-state index contributed by atoms with van der Waals surface area (Å²) in [6, 6.07) is 0. The number of alkyl halides is 2. The minimum Gasteiger partial charge on any atom is -0.292 e. The Kier molecular flexibility index (Phi) is 3.92. The van der Waals surface area contributed by atoms with Crippen LogP contribution in [-0.2, 0) is 4.79 Å². The lowest BCUT2D eigenvalue weighted by molar-refractivity contribution is -0.113. The molecule has 0 saturated carbocycles. The molecule has 0 N–H and O–H groups in total. The van der Waals surface area contributed by atoms with Crippen LogP contribution < -0.4 is 0 Å². The first-order valence-corrected chi connectivity index (χ1v) is 3.00. The van der Waals surface area contributed by atoms with E-state index >= 15 is 0 Å². The van der Waals surface area contributed by atoms with E-state index in [1.807, 2.05) is 0 Å². The second kappa shape index (κ2) is 3.93. The maximum Gasteiger partial charge on any atom is 0.188 e. The SMILES string of the molecule is CC=CC(=O)C(Cl)Cl. The van der Waals surface area contributed by atoms with E-state index in [0.29, 0.717) is 0 Å². The van der Waals surface area contributed by atoms with E-state index in [0.717, 1.165) is 0 Å². The minimum absolute atomic E-state index is 0.268. The fourth-order valence-corrected chi connectivity index (χ4v) is 0.382. The van der Waals surface area contributed by atoms with Gasteiger partial charge in [0.15, 0.2) is 10.6 Å². The molecule has 0 rings (SSSR count). The zero-order valence-corrected chi connectivity index (χ0v) is 5.91. The van der Waals surface area contributed by atoms with Gasteiger partial charge >= 0.3 is 0 Å². The lowest BCUT2D eigenvalue weighted by Crippen LogP contribution is -2.01. The molecule has 0 fully saturated rings. The fourth-order valence-electron chi connectivity index (χ4n) is 0.237. The van der Waals surface area contributed by atoms with Crippen molar-refractivity contribution in [2.24, 2.45) is 0 Å². The van der Waals surface area contributed by atoms with Crippen LogP contribution in [0.1, 0.15) is 6.92 Å². The molecule has 0 unspecified atom stereocenters. The van der Waals surface area contributed by atoms with E-state index in [-0.39, 0.29) is 5.78 Å². The Labute approximate surface area is 58.3 Å². The number of hydrogen-bond donors (Lipinski definition) is 0. The van der Waals surface area contributed by atoms with Crippen LogP contribution in [0.3, 0.4) is 0 Å². The van der Waals surface area contributed by atoms with Gasteiger partial charge in [0.05, 0.1) is 0 Å². The molecule has 0 radical (unpaired) electrons. The molecule has 46 valence electrons. The molecule has 0 bridgehead atoms. The molecule has 0 aliphatic carbocycles. The number of carbonyl (C=O) groups is 1. The molecule has 0 saturated heterocycles. The van der Waals surface area contributed by atoms with Gasteiger partial charge < -0.3 is 0 Å². The lowest BCUT2D eigenvalue weighted by atomic mass is 10.4. The molecule has 0 aliphatic rings. The molecule has 0 aromatic heterocycles. The van der Waals surface area contributed by atoms with Crippen LogP contribution in [0.15, 0.2) is 12.2 Å². The van der Waals surface area contributed by atoms with Crippen LogP contribution in [0.4, 0.5) is 0 Å². The Hall–Kier alpha value is -0.0100. The van der Waals surface area contributed by atoms with E-state index < -0.39 is 4.84 Å². The van der Waals surface area contributed by atoms with Gasteiger partial charge in [-0.15, -0.1) is 0 Å². The Morgan fingerprint density at radius 2 is 2.12 bits per heavy atom. The third-order valence-electron chi connectivity index (χ3n) is 0.546. The highest BCUT2D eigenvalue weighted by Gasteiger charge is 2.04. The predicted molar refractivity (Wildman–Crippen MR) is 35.3 cm³/mol. The standard InChI is InChI=1S/C5H6Cl2O/c1-2-3-4(8)5(6)7/h2-3,5H,1H3. The van der Waals surface area contributed by atoms with Crippen LogP contribution in [0.25, 0.3) is 0 Å². The zero-order valence-electron chi connectivity index (χ0n) is 4.40. The summed E-state index contributed by atoms with van der Waals surface area (Å²) in [5.74, 6) is -0.268. The predicted octanol–water partition coefficient (Wildman–Crippen LogP) is 1.94. The van der Waals surface area contributed by atoms with Gasteiger partial charge in [0, 0.05) is 0 Å². The molecule has 8 heavy (non-hydrogen) atoms. The van der Waals surface area contributed by atoms with Gasteiger partial charge in [-0.2, -0.15) is 0 Å². The molecule has 3 heteroatoms. The Bertz CT molecular complexity index is 107. The number of halogens is 2. The number of hydrogen-bond acceptors (Lipinski definition) is 1. The number of allylic oxidation sites excluding steroid dienone is 2. The van der Waals surface area contributed by atoms with Crippen LogP contribution in [-0.4, -0.2) is 10.6 Å². The van der Waals surface area contributed by atoms with E-state index in [9.17, 15) is 4.79 Å². The van der Waals surface area contributed by atoms with E-state index in [1.54, 1.807) is 13.0 Å². The van der Waals surface area contributed by atoms with Crippen LogP contribution >= 0.6 is 23.2 Å². The summed E-state index contributed by atoms with van der Waals surface area (Å²) < 4.78 is 0. The summed E-state index contributed by atoms with van der Waals surface area (Å²) in [7, 11) is 0. The monoisotopic (exact) mass is 152 g/mol. The minimum atomic E-state index is -0.911. The quantitative estimate of drug-likeness (QED) is 0.437. The third kappa shape index (κ3) is 3.05. The van der Waals surface area contributed by atoms with Crippen molar-refractivity contribution < 1.29 is 4.79 Å². The molecule has 0 aliphatic heterocycles. The van der Waals surface area contributed by atoms with E-state index in [4.69, 9.17) is 23.2 Å². The summed E-state index contributed by atoms with van der Waals surface area (Å²) in [5.41, 5.74) is 0. The van der Waals surface area contributed by atoms with Crippen molar-refractivity contribution >= 4 is 29.0 Å². The summed E-state index contributed by atoms with van der Waals surface area (Å²) >= 11 is 10.3. The molecule has 0 atom stereocenters. The van der Waals surface area contributed by atoms with E-state index in [1.165, 1.54) is 6.08 Å². The molecule has 0 heterocycles. The average Bonchev–Trinajstić information content (AvgIpc) is 1.67. The fraction of sp³-hybridized carbons (Fsp3) is 0.400. The second-order valence-corrected chi connectivity index (χ2v) is 2.30. The van der Waals surface area contributed by atoms with Gasteiger partial charge in [-0.1, -0.05) is 29.3 Å². The molecule has 0 amide bonds. The molecule has 0 aromatic carbocycles. The highest BCUT2D eigenvalue weighted by Crippen LogP contribution is 2.02. The number of ketones is 1. The number of rotatable bonds is 2. The summed E-state index contributed by atoms with van der Waals surface area (Å²) in [6.45, 7) is 1.73. The first kappa shape index (κ1) is 7.99. The van der Waals surface area contributed by atoms with Crippen molar-refractivity contribution in [2.75, 3.05) is 0 Å². The molecule has 1 nitrogen and oxygen atoms in total. The van der Waals surface area contributed by atoms with Gasteiger partial charge in [-0.3, -0.25) is 4.79 Å². The van der Waals surface area contributed by atoms with Crippen LogP contribution in [0, 0.1) is 0 Å². The molecular weight excluding hydrogens is 147 g/mol. The zero-order chi connectivity index (χ0) is 6.57. The van der Waals surface area contributed by atoms with E-state index in [2.05, 4.69) is 0 Å². The van der Waals surface area contributed by atoms with Gasteiger partial charge in [0.1, 0.15) is 0 Å². The molecule has 0 spiro atoms. The van der Waals surface area contributed by atoms with Crippen molar-refractivity contribution in [3.63, 3.8) is 0 Å². The maximum atomic E-state index is 10.4. The molecular formula is C5H6Cl2O. The summed E-state index contributed by atoms with van der Waals surface area (Å²) in [5, 5.41) is 0. The van der Waals surface area contributed by atoms with Crippen molar-refractivity contribution in [2.45, 2.75) is 11.8 Å². The molecule has 0 aromatic rings. The highest BCUT2D eigenvalue weighted by molar-refractivity contribution is 6.54. The Morgan fingerprint density at radius 1 is 1.62 bits per heavy atom. The third-order valence-corrected chi connectivity index (χ3v) is 0.976. The summed E-state index contributed by atoms with van der Waals surface area (Å²) in [6.07, 6.45) is 2.94. The first-order valence-electron chi connectivity index (χ1n) is 2.13. The van der Waals surface area contributed by atoms with Crippen LogP contribution in [0.5, 0.6) is 0 Å². The smallest absolute Gasteiger partial charge is 0.188 e. The topological polar surface area (TPSA) is 17.1 Å².